The Bertz CT molecular complexity index is 591. The third-order valence-corrected chi connectivity index (χ3v) is 2.80. The van der Waals surface area contributed by atoms with E-state index in [1.54, 1.807) is 6.07 Å². The van der Waals surface area contributed by atoms with Crippen LogP contribution in [0, 0.1) is 19.3 Å². The van der Waals surface area contributed by atoms with Gasteiger partial charge >= 0.3 is 0 Å². The fourth-order valence-electron chi connectivity index (χ4n) is 1.72. The molecule has 2 rings (SSSR count). The molecule has 2 aromatic carbocycles. The number of hydrogen-bond acceptors (Lipinski definition) is 2. The van der Waals surface area contributed by atoms with Gasteiger partial charge in [-0.3, -0.25) is 5.41 Å². The summed E-state index contributed by atoms with van der Waals surface area (Å²) < 4.78 is 5.86. The van der Waals surface area contributed by atoms with Crippen molar-refractivity contribution in [1.29, 1.82) is 5.41 Å². The number of benzene rings is 2. The lowest BCUT2D eigenvalue weighted by atomic mass is 10.1. The fraction of sp³-hybridized carbons (Fsp3) is 0.133. The lowest BCUT2D eigenvalue weighted by Gasteiger charge is -2.11. The summed E-state index contributed by atoms with van der Waals surface area (Å²) in [6.45, 7) is 3.95. The predicted octanol–water partition coefficient (Wildman–Crippen LogP) is 3.38. The second kappa shape index (κ2) is 4.92. The molecule has 0 aliphatic heterocycles. The summed E-state index contributed by atoms with van der Waals surface area (Å²) in [7, 11) is 0. The summed E-state index contributed by atoms with van der Waals surface area (Å²) in [5, 5.41) is 7.39. The molecular weight excluding hydrogens is 224 g/mol. The van der Waals surface area contributed by atoms with Crippen molar-refractivity contribution < 1.29 is 4.74 Å². The maximum atomic E-state index is 7.39. The van der Waals surface area contributed by atoms with Crippen LogP contribution in [0.1, 0.15) is 16.7 Å². The molecule has 0 heterocycles. The Morgan fingerprint density at radius 1 is 1.00 bits per heavy atom. The van der Waals surface area contributed by atoms with Crippen LogP contribution in [0.25, 0.3) is 0 Å². The van der Waals surface area contributed by atoms with Gasteiger partial charge in [-0.25, -0.2) is 0 Å². The Morgan fingerprint density at radius 2 is 1.67 bits per heavy atom. The number of para-hydroxylation sites is 1. The van der Waals surface area contributed by atoms with Crippen molar-refractivity contribution in [2.45, 2.75) is 13.8 Å². The number of hydrogen-bond donors (Lipinski definition) is 2. The van der Waals surface area contributed by atoms with Gasteiger partial charge in [0.25, 0.3) is 0 Å². The van der Waals surface area contributed by atoms with Crippen molar-refractivity contribution in [2.24, 2.45) is 5.73 Å². The van der Waals surface area contributed by atoms with Gasteiger partial charge in [-0.2, -0.15) is 0 Å². The van der Waals surface area contributed by atoms with E-state index in [2.05, 4.69) is 0 Å². The molecular formula is C15H16N2O. The number of rotatable bonds is 3. The van der Waals surface area contributed by atoms with E-state index in [4.69, 9.17) is 15.9 Å². The highest BCUT2D eigenvalue weighted by Crippen LogP contribution is 2.27. The van der Waals surface area contributed by atoms with Gasteiger partial charge in [0.05, 0.1) is 0 Å². The highest BCUT2D eigenvalue weighted by atomic mass is 16.5. The van der Waals surface area contributed by atoms with Gasteiger partial charge in [-0.15, -0.1) is 0 Å². The van der Waals surface area contributed by atoms with E-state index in [-0.39, 0.29) is 5.84 Å². The monoisotopic (exact) mass is 240 g/mol. The molecule has 0 saturated heterocycles. The molecule has 0 aliphatic rings. The lowest BCUT2D eigenvalue weighted by Crippen LogP contribution is -2.11. The van der Waals surface area contributed by atoms with Gasteiger partial charge in [0.1, 0.15) is 17.3 Å². The van der Waals surface area contributed by atoms with E-state index in [1.807, 2.05) is 50.2 Å². The van der Waals surface area contributed by atoms with Crippen LogP contribution in [-0.2, 0) is 0 Å². The van der Waals surface area contributed by atoms with Crippen molar-refractivity contribution in [3.05, 3.63) is 59.2 Å². The van der Waals surface area contributed by atoms with Crippen LogP contribution < -0.4 is 10.5 Å². The van der Waals surface area contributed by atoms with E-state index in [0.29, 0.717) is 5.56 Å². The fourth-order valence-corrected chi connectivity index (χ4v) is 1.72. The SMILES string of the molecule is Cc1ccccc1Oc1ccc(C(=N)N)cc1C. The average Bonchev–Trinajstić information content (AvgIpc) is 2.34. The predicted molar refractivity (Wildman–Crippen MR) is 73.4 cm³/mol. The Kier molecular flexibility index (Phi) is 3.33. The van der Waals surface area contributed by atoms with Crippen molar-refractivity contribution in [3.8, 4) is 11.5 Å². The number of nitrogens with two attached hydrogens (primary N) is 1. The van der Waals surface area contributed by atoms with Crippen LogP contribution in [0.15, 0.2) is 42.5 Å². The number of ether oxygens (including phenoxy) is 1. The quantitative estimate of drug-likeness (QED) is 0.638. The van der Waals surface area contributed by atoms with Crippen LogP contribution >= 0.6 is 0 Å². The highest BCUT2D eigenvalue weighted by molar-refractivity contribution is 5.95. The maximum absolute atomic E-state index is 7.39. The molecule has 0 atom stereocenters. The molecule has 2 aromatic rings. The molecule has 0 amide bonds. The zero-order valence-corrected chi connectivity index (χ0v) is 10.5. The number of nitrogens with one attached hydrogen (secondary N) is 1. The smallest absolute Gasteiger partial charge is 0.130 e. The second-order valence-electron chi connectivity index (χ2n) is 4.26. The van der Waals surface area contributed by atoms with Crippen molar-refractivity contribution in [1.82, 2.24) is 0 Å². The molecule has 92 valence electrons. The molecule has 0 fully saturated rings. The Labute approximate surface area is 107 Å². The van der Waals surface area contributed by atoms with Crippen molar-refractivity contribution in [3.63, 3.8) is 0 Å². The largest absolute Gasteiger partial charge is 0.457 e. The first-order valence-electron chi connectivity index (χ1n) is 5.76. The number of amidine groups is 1. The summed E-state index contributed by atoms with van der Waals surface area (Å²) in [5.41, 5.74) is 8.22. The minimum atomic E-state index is 0.0699. The van der Waals surface area contributed by atoms with Crippen LogP contribution in [0.4, 0.5) is 0 Å². The summed E-state index contributed by atoms with van der Waals surface area (Å²) in [4.78, 5) is 0. The van der Waals surface area contributed by atoms with E-state index < -0.39 is 0 Å². The molecule has 3 heteroatoms. The zero-order chi connectivity index (χ0) is 13.1. The minimum absolute atomic E-state index is 0.0699. The van der Waals surface area contributed by atoms with E-state index in [9.17, 15) is 0 Å². The van der Waals surface area contributed by atoms with Gasteiger partial charge in [0.15, 0.2) is 0 Å². The Hall–Kier alpha value is -2.29. The average molecular weight is 240 g/mol. The molecule has 0 aromatic heterocycles. The first-order valence-corrected chi connectivity index (χ1v) is 5.76. The van der Waals surface area contributed by atoms with Crippen LogP contribution in [0.2, 0.25) is 0 Å². The van der Waals surface area contributed by atoms with Gasteiger partial charge in [0, 0.05) is 5.56 Å². The Morgan fingerprint density at radius 3 is 2.28 bits per heavy atom. The molecule has 0 saturated carbocycles. The van der Waals surface area contributed by atoms with E-state index in [1.165, 1.54) is 0 Å². The summed E-state index contributed by atoms with van der Waals surface area (Å²) in [5.74, 6) is 1.70. The van der Waals surface area contributed by atoms with E-state index >= 15 is 0 Å². The third-order valence-electron chi connectivity index (χ3n) is 2.80. The first-order chi connectivity index (χ1) is 8.58. The molecule has 0 spiro atoms. The standard InChI is InChI=1S/C15H16N2O/c1-10-5-3-4-6-13(10)18-14-8-7-12(15(16)17)9-11(14)2/h3-9H,1-2H3,(H3,16,17). The summed E-state index contributed by atoms with van der Waals surface area (Å²) >= 11 is 0. The maximum Gasteiger partial charge on any atom is 0.130 e. The third kappa shape index (κ3) is 2.51. The molecule has 0 radical (unpaired) electrons. The Balaban J connectivity index is 2.30. The van der Waals surface area contributed by atoms with Gasteiger partial charge in [-0.05, 0) is 49.2 Å². The number of nitrogen functional groups attached to an aromatic ring is 1. The topological polar surface area (TPSA) is 59.1 Å². The molecule has 3 N–H and O–H groups in total. The van der Waals surface area contributed by atoms with Crippen LogP contribution in [-0.4, -0.2) is 5.84 Å². The van der Waals surface area contributed by atoms with Crippen molar-refractivity contribution in [2.75, 3.05) is 0 Å². The summed E-state index contributed by atoms with van der Waals surface area (Å²) in [6.07, 6.45) is 0. The van der Waals surface area contributed by atoms with Crippen molar-refractivity contribution >= 4 is 5.84 Å². The van der Waals surface area contributed by atoms with Gasteiger partial charge < -0.3 is 10.5 Å². The van der Waals surface area contributed by atoms with Gasteiger partial charge in [-0.1, -0.05) is 18.2 Å². The minimum Gasteiger partial charge on any atom is -0.457 e. The first kappa shape index (κ1) is 12.2. The summed E-state index contributed by atoms with van der Waals surface area (Å²) in [6, 6.07) is 13.4. The molecule has 18 heavy (non-hydrogen) atoms. The molecule has 3 nitrogen and oxygen atoms in total. The van der Waals surface area contributed by atoms with E-state index in [0.717, 1.165) is 22.6 Å². The van der Waals surface area contributed by atoms with Gasteiger partial charge in [0.2, 0.25) is 0 Å². The zero-order valence-electron chi connectivity index (χ0n) is 10.5. The molecule has 0 bridgehead atoms. The number of aryl methyl sites for hydroxylation is 2. The molecule has 0 unspecified atom stereocenters. The normalized spacial score (nSPS) is 10.1. The molecule has 0 aliphatic carbocycles. The van der Waals surface area contributed by atoms with Crippen LogP contribution in [0.3, 0.4) is 0 Å². The lowest BCUT2D eigenvalue weighted by molar-refractivity contribution is 0.475. The highest BCUT2D eigenvalue weighted by Gasteiger charge is 2.05. The second-order valence-corrected chi connectivity index (χ2v) is 4.26. The van der Waals surface area contributed by atoms with Crippen LogP contribution in [0.5, 0.6) is 11.5 Å².